The van der Waals surface area contributed by atoms with E-state index in [1.807, 2.05) is 0 Å². The second-order valence-corrected chi connectivity index (χ2v) is 7.14. The molecule has 0 radical (unpaired) electrons. The molecule has 1 saturated heterocycles. The van der Waals surface area contributed by atoms with Crippen molar-refractivity contribution in [1.29, 1.82) is 0 Å². The Morgan fingerprint density at radius 3 is 2.81 bits per heavy atom. The second-order valence-electron chi connectivity index (χ2n) is 6.34. The fourth-order valence-corrected chi connectivity index (χ4v) is 3.49. The molecule has 1 aliphatic rings. The van der Waals surface area contributed by atoms with Crippen LogP contribution in [0.4, 0.5) is 0 Å². The van der Waals surface area contributed by atoms with Gasteiger partial charge in [0.25, 0.3) is 0 Å². The molecule has 0 saturated carbocycles. The SMILES string of the molecule is CCn1nc(C)c(Br)c1CN1CCCCC1CNC(C)C. The number of hydrogen-bond acceptors (Lipinski definition) is 3. The van der Waals surface area contributed by atoms with Crippen LogP contribution in [-0.2, 0) is 13.1 Å². The Labute approximate surface area is 137 Å². The summed E-state index contributed by atoms with van der Waals surface area (Å²) in [4.78, 5) is 2.63. The van der Waals surface area contributed by atoms with Crippen LogP contribution in [0.2, 0.25) is 0 Å². The van der Waals surface area contributed by atoms with E-state index in [-0.39, 0.29) is 0 Å². The van der Waals surface area contributed by atoms with Crippen molar-refractivity contribution >= 4 is 15.9 Å². The summed E-state index contributed by atoms with van der Waals surface area (Å²) in [6, 6.07) is 1.21. The highest BCUT2D eigenvalue weighted by molar-refractivity contribution is 9.10. The van der Waals surface area contributed by atoms with Gasteiger partial charge in [0.15, 0.2) is 0 Å². The average molecular weight is 357 g/mol. The van der Waals surface area contributed by atoms with Gasteiger partial charge in [0.2, 0.25) is 0 Å². The van der Waals surface area contributed by atoms with Gasteiger partial charge >= 0.3 is 0 Å². The number of hydrogen-bond donors (Lipinski definition) is 1. The molecule has 1 unspecified atom stereocenters. The zero-order valence-electron chi connectivity index (χ0n) is 13.8. The molecule has 4 nitrogen and oxygen atoms in total. The number of halogens is 1. The third kappa shape index (κ3) is 4.30. The van der Waals surface area contributed by atoms with Crippen LogP contribution in [0.25, 0.3) is 0 Å². The minimum absolute atomic E-state index is 0.559. The number of nitrogens with one attached hydrogen (secondary N) is 1. The van der Waals surface area contributed by atoms with Crippen molar-refractivity contribution in [2.24, 2.45) is 0 Å². The molecule has 120 valence electrons. The monoisotopic (exact) mass is 356 g/mol. The maximum absolute atomic E-state index is 4.62. The summed E-state index contributed by atoms with van der Waals surface area (Å²) < 4.78 is 3.33. The summed E-state index contributed by atoms with van der Waals surface area (Å²) >= 11 is 3.73. The van der Waals surface area contributed by atoms with E-state index in [2.05, 4.69) is 63.6 Å². The van der Waals surface area contributed by atoms with Gasteiger partial charge in [-0.3, -0.25) is 9.58 Å². The molecule has 0 bridgehead atoms. The third-order valence-electron chi connectivity index (χ3n) is 4.32. The van der Waals surface area contributed by atoms with Gasteiger partial charge in [-0.1, -0.05) is 20.3 Å². The highest BCUT2D eigenvalue weighted by Gasteiger charge is 2.25. The lowest BCUT2D eigenvalue weighted by molar-refractivity contribution is 0.132. The van der Waals surface area contributed by atoms with Crippen molar-refractivity contribution in [2.75, 3.05) is 13.1 Å². The Morgan fingerprint density at radius 2 is 2.14 bits per heavy atom. The van der Waals surface area contributed by atoms with Crippen molar-refractivity contribution in [3.8, 4) is 0 Å². The molecule has 1 aliphatic heterocycles. The molecule has 0 aromatic carbocycles. The highest BCUT2D eigenvalue weighted by atomic mass is 79.9. The normalized spacial score (nSPS) is 20.4. The summed E-state index contributed by atoms with van der Waals surface area (Å²) in [5, 5.41) is 8.22. The maximum atomic E-state index is 4.62. The van der Waals surface area contributed by atoms with E-state index in [0.29, 0.717) is 12.1 Å². The molecular formula is C16H29BrN4. The van der Waals surface area contributed by atoms with Gasteiger partial charge in [0, 0.05) is 31.7 Å². The van der Waals surface area contributed by atoms with Gasteiger partial charge < -0.3 is 5.32 Å². The molecule has 1 aromatic heterocycles. The number of piperidine rings is 1. The number of nitrogens with zero attached hydrogens (tertiary/aromatic N) is 3. The Morgan fingerprint density at radius 1 is 1.38 bits per heavy atom. The van der Waals surface area contributed by atoms with Gasteiger partial charge in [-0.05, 0) is 49.2 Å². The van der Waals surface area contributed by atoms with Crippen LogP contribution in [0.1, 0.15) is 51.4 Å². The van der Waals surface area contributed by atoms with E-state index in [1.54, 1.807) is 0 Å². The van der Waals surface area contributed by atoms with Crippen molar-refractivity contribution in [3.63, 3.8) is 0 Å². The number of aryl methyl sites for hydroxylation is 2. The lowest BCUT2D eigenvalue weighted by Crippen LogP contribution is -2.46. The molecule has 0 amide bonds. The van der Waals surface area contributed by atoms with Crippen LogP contribution in [0.5, 0.6) is 0 Å². The zero-order chi connectivity index (χ0) is 15.4. The lowest BCUT2D eigenvalue weighted by Gasteiger charge is -2.36. The summed E-state index contributed by atoms with van der Waals surface area (Å²) in [5.74, 6) is 0. The maximum Gasteiger partial charge on any atom is 0.0739 e. The molecule has 1 fully saturated rings. The van der Waals surface area contributed by atoms with E-state index >= 15 is 0 Å². The second kappa shape index (κ2) is 7.75. The van der Waals surface area contributed by atoms with Crippen LogP contribution in [-0.4, -0.2) is 39.9 Å². The molecular weight excluding hydrogens is 328 g/mol. The standard InChI is InChI=1S/C16H29BrN4/c1-5-21-15(16(17)13(4)19-21)11-20-9-7-6-8-14(20)10-18-12(2)3/h12,14,18H,5-11H2,1-4H3. The predicted molar refractivity (Wildman–Crippen MR) is 91.5 cm³/mol. The van der Waals surface area contributed by atoms with Crippen LogP contribution >= 0.6 is 15.9 Å². The Hall–Kier alpha value is -0.390. The number of likely N-dealkylation sites (tertiary alicyclic amines) is 1. The van der Waals surface area contributed by atoms with Gasteiger partial charge in [-0.15, -0.1) is 0 Å². The van der Waals surface area contributed by atoms with Crippen LogP contribution in [0, 0.1) is 6.92 Å². The van der Waals surface area contributed by atoms with E-state index in [4.69, 9.17) is 0 Å². The van der Waals surface area contributed by atoms with Gasteiger partial charge in [-0.25, -0.2) is 0 Å². The summed E-state index contributed by atoms with van der Waals surface area (Å²) in [5.41, 5.74) is 2.42. The van der Waals surface area contributed by atoms with Crippen molar-refractivity contribution in [3.05, 3.63) is 15.9 Å². The number of rotatable bonds is 6. The lowest BCUT2D eigenvalue weighted by atomic mass is 10.0. The molecule has 1 aromatic rings. The first-order valence-corrected chi connectivity index (χ1v) is 9.01. The van der Waals surface area contributed by atoms with Gasteiger partial charge in [0.1, 0.15) is 0 Å². The smallest absolute Gasteiger partial charge is 0.0739 e. The molecule has 5 heteroatoms. The topological polar surface area (TPSA) is 33.1 Å². The molecule has 0 spiro atoms. The first-order valence-electron chi connectivity index (χ1n) is 8.22. The van der Waals surface area contributed by atoms with E-state index in [9.17, 15) is 0 Å². The minimum atomic E-state index is 0.559. The van der Waals surface area contributed by atoms with Crippen molar-refractivity contribution in [2.45, 2.75) is 72.1 Å². The molecule has 2 rings (SSSR count). The van der Waals surface area contributed by atoms with Crippen LogP contribution in [0.3, 0.4) is 0 Å². The quantitative estimate of drug-likeness (QED) is 0.848. The summed E-state index contributed by atoms with van der Waals surface area (Å²) in [6.45, 7) is 12.9. The Bertz CT molecular complexity index is 455. The average Bonchev–Trinajstić information content (AvgIpc) is 2.74. The summed E-state index contributed by atoms with van der Waals surface area (Å²) in [7, 11) is 0. The molecule has 21 heavy (non-hydrogen) atoms. The van der Waals surface area contributed by atoms with E-state index in [1.165, 1.54) is 36.0 Å². The van der Waals surface area contributed by atoms with E-state index < -0.39 is 0 Å². The first-order chi connectivity index (χ1) is 10.0. The Kier molecular flexibility index (Phi) is 6.26. The molecule has 2 heterocycles. The number of aromatic nitrogens is 2. The Balaban J connectivity index is 2.08. The molecule has 1 atom stereocenters. The summed E-state index contributed by atoms with van der Waals surface area (Å²) in [6.07, 6.45) is 3.97. The fraction of sp³-hybridized carbons (Fsp3) is 0.812. The van der Waals surface area contributed by atoms with Crippen molar-refractivity contribution < 1.29 is 0 Å². The largest absolute Gasteiger partial charge is 0.313 e. The van der Waals surface area contributed by atoms with Gasteiger partial charge in [0.05, 0.1) is 15.9 Å². The van der Waals surface area contributed by atoms with Crippen LogP contribution < -0.4 is 5.32 Å². The first kappa shape index (κ1) is 17.0. The minimum Gasteiger partial charge on any atom is -0.313 e. The third-order valence-corrected chi connectivity index (χ3v) is 5.35. The van der Waals surface area contributed by atoms with Gasteiger partial charge in [-0.2, -0.15) is 5.10 Å². The van der Waals surface area contributed by atoms with E-state index in [0.717, 1.165) is 25.3 Å². The predicted octanol–water partition coefficient (Wildman–Crippen LogP) is 3.33. The van der Waals surface area contributed by atoms with Crippen LogP contribution in [0.15, 0.2) is 4.47 Å². The molecule has 1 N–H and O–H groups in total. The molecule has 0 aliphatic carbocycles. The highest BCUT2D eigenvalue weighted by Crippen LogP contribution is 2.26. The fourth-order valence-electron chi connectivity index (χ4n) is 3.08. The van der Waals surface area contributed by atoms with Crippen molar-refractivity contribution in [1.82, 2.24) is 20.0 Å². The zero-order valence-corrected chi connectivity index (χ0v) is 15.4.